The molecule has 17 heavy (non-hydrogen) atoms. The average molecular weight is 298 g/mol. The smallest absolute Gasteiger partial charge is 0.338 e. The lowest BCUT2D eigenvalue weighted by atomic mass is 9.99. The first kappa shape index (κ1) is 12.6. The molecule has 1 N–H and O–H groups in total. The summed E-state index contributed by atoms with van der Waals surface area (Å²) < 4.78 is 6.29. The van der Waals surface area contributed by atoms with E-state index in [-0.39, 0.29) is 5.97 Å². The van der Waals surface area contributed by atoms with Crippen molar-refractivity contribution < 1.29 is 9.53 Å². The number of benzene rings is 1. The largest absolute Gasteiger partial charge is 0.462 e. The van der Waals surface area contributed by atoms with Crippen molar-refractivity contribution in [1.82, 2.24) is 5.32 Å². The summed E-state index contributed by atoms with van der Waals surface area (Å²) in [6, 6.07) is 7.24. The Balaban J connectivity index is 1.82. The van der Waals surface area contributed by atoms with E-state index in [1.165, 1.54) is 0 Å². The predicted octanol–water partition coefficient (Wildman–Crippen LogP) is 2.61. The van der Waals surface area contributed by atoms with Crippen molar-refractivity contribution in [3.8, 4) is 0 Å². The topological polar surface area (TPSA) is 38.3 Å². The summed E-state index contributed by atoms with van der Waals surface area (Å²) in [5.74, 6) is 0.284. The molecule has 1 fully saturated rings. The Hall–Kier alpha value is -0.870. The van der Waals surface area contributed by atoms with Crippen LogP contribution in [0.4, 0.5) is 0 Å². The Kier molecular flexibility index (Phi) is 4.57. The van der Waals surface area contributed by atoms with Crippen LogP contribution in [0.1, 0.15) is 23.2 Å². The summed E-state index contributed by atoms with van der Waals surface area (Å²) in [5, 5.41) is 3.29. The van der Waals surface area contributed by atoms with Gasteiger partial charge in [0.2, 0.25) is 0 Å². The second kappa shape index (κ2) is 6.17. The van der Waals surface area contributed by atoms with E-state index in [1.54, 1.807) is 12.1 Å². The highest BCUT2D eigenvalue weighted by atomic mass is 79.9. The Bertz CT molecular complexity index is 372. The minimum Gasteiger partial charge on any atom is -0.462 e. The summed E-state index contributed by atoms with van der Waals surface area (Å²) in [7, 11) is 0. The Morgan fingerprint density at radius 1 is 1.29 bits per heavy atom. The lowest BCUT2D eigenvalue weighted by Gasteiger charge is -2.22. The van der Waals surface area contributed by atoms with Crippen molar-refractivity contribution >= 4 is 21.9 Å². The fourth-order valence-corrected chi connectivity index (χ4v) is 2.18. The van der Waals surface area contributed by atoms with Gasteiger partial charge in [-0.2, -0.15) is 0 Å². The number of rotatable bonds is 3. The summed E-state index contributed by atoms with van der Waals surface area (Å²) in [6.07, 6.45) is 2.18. The van der Waals surface area contributed by atoms with E-state index in [0.717, 1.165) is 30.4 Å². The molecular weight excluding hydrogens is 282 g/mol. The zero-order chi connectivity index (χ0) is 12.1. The lowest BCUT2D eigenvalue weighted by molar-refractivity contribution is 0.0416. The SMILES string of the molecule is O=C(OCC1CCNCC1)c1ccc(Br)cc1. The molecule has 2 rings (SSSR count). The maximum atomic E-state index is 11.7. The van der Waals surface area contributed by atoms with Crippen LogP contribution in [0.2, 0.25) is 0 Å². The van der Waals surface area contributed by atoms with Gasteiger partial charge in [0.1, 0.15) is 0 Å². The predicted molar refractivity (Wildman–Crippen MR) is 70.0 cm³/mol. The maximum Gasteiger partial charge on any atom is 0.338 e. The molecule has 0 aliphatic carbocycles. The summed E-state index contributed by atoms with van der Waals surface area (Å²) in [4.78, 5) is 11.7. The number of carbonyl (C=O) groups excluding carboxylic acids is 1. The fraction of sp³-hybridized carbons (Fsp3) is 0.462. The summed E-state index contributed by atoms with van der Waals surface area (Å²) in [5.41, 5.74) is 0.613. The molecule has 0 amide bonds. The third kappa shape index (κ3) is 3.82. The molecule has 0 bridgehead atoms. The molecule has 92 valence electrons. The van der Waals surface area contributed by atoms with Crippen molar-refractivity contribution in [1.29, 1.82) is 0 Å². The first-order valence-corrected chi connectivity index (χ1v) is 6.68. The Labute approximate surface area is 110 Å². The molecular formula is C13H16BrNO2. The van der Waals surface area contributed by atoms with E-state index >= 15 is 0 Å². The number of nitrogens with one attached hydrogen (secondary N) is 1. The number of hydrogen-bond donors (Lipinski definition) is 1. The van der Waals surface area contributed by atoms with Crippen LogP contribution in [-0.2, 0) is 4.74 Å². The summed E-state index contributed by atoms with van der Waals surface area (Å²) in [6.45, 7) is 2.59. The minimum atomic E-state index is -0.226. The van der Waals surface area contributed by atoms with Crippen LogP contribution in [-0.4, -0.2) is 25.7 Å². The standard InChI is InChI=1S/C13H16BrNO2/c14-12-3-1-11(2-4-12)13(16)17-9-10-5-7-15-8-6-10/h1-4,10,15H,5-9H2. The molecule has 1 aromatic carbocycles. The van der Waals surface area contributed by atoms with E-state index in [4.69, 9.17) is 4.74 Å². The molecule has 0 spiro atoms. The average Bonchev–Trinajstić information content (AvgIpc) is 2.38. The van der Waals surface area contributed by atoms with Crippen molar-refractivity contribution in [3.05, 3.63) is 34.3 Å². The second-order valence-electron chi connectivity index (χ2n) is 4.30. The van der Waals surface area contributed by atoms with Crippen LogP contribution in [0.5, 0.6) is 0 Å². The molecule has 0 atom stereocenters. The normalized spacial score (nSPS) is 16.8. The summed E-state index contributed by atoms with van der Waals surface area (Å²) >= 11 is 3.34. The quantitative estimate of drug-likeness (QED) is 0.872. The number of ether oxygens (including phenoxy) is 1. The minimum absolute atomic E-state index is 0.226. The molecule has 1 aliphatic heterocycles. The van der Waals surface area contributed by atoms with Crippen LogP contribution in [0, 0.1) is 5.92 Å². The molecule has 0 unspecified atom stereocenters. The van der Waals surface area contributed by atoms with E-state index in [0.29, 0.717) is 18.1 Å². The van der Waals surface area contributed by atoms with Gasteiger partial charge in [-0.15, -0.1) is 0 Å². The molecule has 1 aliphatic rings. The van der Waals surface area contributed by atoms with Crippen LogP contribution < -0.4 is 5.32 Å². The van der Waals surface area contributed by atoms with Crippen LogP contribution >= 0.6 is 15.9 Å². The molecule has 3 nitrogen and oxygen atoms in total. The Morgan fingerprint density at radius 3 is 2.59 bits per heavy atom. The van der Waals surface area contributed by atoms with Gasteiger partial charge in [-0.3, -0.25) is 0 Å². The zero-order valence-electron chi connectivity index (χ0n) is 9.62. The number of carbonyl (C=O) groups is 1. The first-order valence-electron chi connectivity index (χ1n) is 5.89. The van der Waals surface area contributed by atoms with Gasteiger partial charge in [0, 0.05) is 4.47 Å². The lowest BCUT2D eigenvalue weighted by Crippen LogP contribution is -2.30. The van der Waals surface area contributed by atoms with Gasteiger partial charge in [-0.05, 0) is 56.1 Å². The van der Waals surface area contributed by atoms with Gasteiger partial charge < -0.3 is 10.1 Å². The molecule has 1 aromatic rings. The number of hydrogen-bond acceptors (Lipinski definition) is 3. The number of esters is 1. The van der Waals surface area contributed by atoms with Crippen LogP contribution in [0.25, 0.3) is 0 Å². The molecule has 4 heteroatoms. The third-order valence-corrected chi connectivity index (χ3v) is 3.52. The van der Waals surface area contributed by atoms with Gasteiger partial charge in [0.25, 0.3) is 0 Å². The monoisotopic (exact) mass is 297 g/mol. The third-order valence-electron chi connectivity index (χ3n) is 2.99. The van der Waals surface area contributed by atoms with E-state index < -0.39 is 0 Å². The van der Waals surface area contributed by atoms with E-state index in [1.807, 2.05) is 12.1 Å². The van der Waals surface area contributed by atoms with E-state index in [2.05, 4.69) is 21.2 Å². The highest BCUT2D eigenvalue weighted by molar-refractivity contribution is 9.10. The van der Waals surface area contributed by atoms with Gasteiger partial charge in [-0.1, -0.05) is 15.9 Å². The second-order valence-corrected chi connectivity index (χ2v) is 5.21. The molecule has 0 saturated carbocycles. The molecule has 1 saturated heterocycles. The Morgan fingerprint density at radius 2 is 1.94 bits per heavy atom. The number of halogens is 1. The highest BCUT2D eigenvalue weighted by Gasteiger charge is 2.15. The van der Waals surface area contributed by atoms with Gasteiger partial charge in [0.05, 0.1) is 12.2 Å². The van der Waals surface area contributed by atoms with Gasteiger partial charge in [-0.25, -0.2) is 4.79 Å². The van der Waals surface area contributed by atoms with Crippen molar-refractivity contribution in [2.75, 3.05) is 19.7 Å². The molecule has 1 heterocycles. The highest BCUT2D eigenvalue weighted by Crippen LogP contribution is 2.14. The zero-order valence-corrected chi connectivity index (χ0v) is 11.2. The number of piperidine rings is 1. The maximum absolute atomic E-state index is 11.7. The fourth-order valence-electron chi connectivity index (χ4n) is 1.91. The first-order chi connectivity index (χ1) is 8.25. The molecule has 0 radical (unpaired) electrons. The van der Waals surface area contributed by atoms with E-state index in [9.17, 15) is 4.79 Å². The molecule has 0 aromatic heterocycles. The van der Waals surface area contributed by atoms with Gasteiger partial charge in [0.15, 0.2) is 0 Å². The van der Waals surface area contributed by atoms with Crippen LogP contribution in [0.15, 0.2) is 28.7 Å². The van der Waals surface area contributed by atoms with Crippen molar-refractivity contribution in [2.24, 2.45) is 5.92 Å². The van der Waals surface area contributed by atoms with Gasteiger partial charge >= 0.3 is 5.97 Å². The van der Waals surface area contributed by atoms with Crippen molar-refractivity contribution in [2.45, 2.75) is 12.8 Å². The van der Waals surface area contributed by atoms with Crippen LogP contribution in [0.3, 0.4) is 0 Å². The van der Waals surface area contributed by atoms with Crippen molar-refractivity contribution in [3.63, 3.8) is 0 Å².